The molecule has 2 aromatic rings. The molecule has 1 aliphatic rings. The molecule has 3 rings (SSSR count). The zero-order valence-corrected chi connectivity index (χ0v) is 14.6. The SMILES string of the molecule is O=c1ccn([C@]2(CCc3ccccc3[N+](=O)[O-])O[C@H](CO)[C@@H](O)[C@H]2O)c(=O)[nH]1. The van der Waals surface area contributed by atoms with Gasteiger partial charge in [0.25, 0.3) is 11.2 Å². The van der Waals surface area contributed by atoms with E-state index in [9.17, 15) is 35.0 Å². The van der Waals surface area contributed by atoms with Gasteiger partial charge in [0.2, 0.25) is 0 Å². The maximum Gasteiger partial charge on any atom is 0.330 e. The van der Waals surface area contributed by atoms with Crippen molar-refractivity contribution in [1.82, 2.24) is 9.55 Å². The number of nitro benzene ring substituents is 1. The highest BCUT2D eigenvalue weighted by Gasteiger charge is 2.55. The Balaban J connectivity index is 2.05. The molecule has 11 nitrogen and oxygen atoms in total. The molecule has 0 unspecified atom stereocenters. The molecule has 1 aromatic heterocycles. The van der Waals surface area contributed by atoms with E-state index in [0.717, 1.165) is 16.8 Å². The first-order chi connectivity index (χ1) is 13.3. The fourth-order valence-corrected chi connectivity index (χ4v) is 3.47. The van der Waals surface area contributed by atoms with Gasteiger partial charge in [-0.3, -0.25) is 24.5 Å². The quantitative estimate of drug-likeness (QED) is 0.352. The minimum Gasteiger partial charge on any atom is -0.394 e. The highest BCUT2D eigenvalue weighted by atomic mass is 16.6. The Morgan fingerprint density at radius 1 is 1.25 bits per heavy atom. The van der Waals surface area contributed by atoms with Gasteiger partial charge >= 0.3 is 5.69 Å². The van der Waals surface area contributed by atoms with Crippen LogP contribution < -0.4 is 11.2 Å². The molecule has 150 valence electrons. The average Bonchev–Trinajstić information content (AvgIpc) is 2.92. The summed E-state index contributed by atoms with van der Waals surface area (Å²) in [5.74, 6) is 0. The number of aromatic nitrogens is 2. The lowest BCUT2D eigenvalue weighted by Gasteiger charge is -2.33. The Morgan fingerprint density at radius 3 is 2.57 bits per heavy atom. The van der Waals surface area contributed by atoms with Gasteiger partial charge in [-0.15, -0.1) is 0 Å². The number of ether oxygens (including phenoxy) is 1. The zero-order chi connectivity index (χ0) is 20.5. The minimum absolute atomic E-state index is 0.0185. The second-order valence-electron chi connectivity index (χ2n) is 6.49. The van der Waals surface area contributed by atoms with Gasteiger partial charge in [0.15, 0.2) is 5.72 Å². The topological polar surface area (TPSA) is 168 Å². The predicted octanol–water partition coefficient (Wildman–Crippen LogP) is -1.16. The molecule has 11 heteroatoms. The number of aryl methyl sites for hydroxylation is 1. The van der Waals surface area contributed by atoms with Crippen LogP contribution in [0.2, 0.25) is 0 Å². The molecule has 1 fully saturated rings. The van der Waals surface area contributed by atoms with Gasteiger partial charge in [-0.2, -0.15) is 0 Å². The van der Waals surface area contributed by atoms with Gasteiger partial charge in [0.1, 0.15) is 18.3 Å². The van der Waals surface area contributed by atoms with Gasteiger partial charge in [-0.05, 0) is 6.42 Å². The third kappa shape index (κ3) is 3.36. The Bertz CT molecular complexity index is 987. The largest absolute Gasteiger partial charge is 0.394 e. The fourth-order valence-electron chi connectivity index (χ4n) is 3.47. The highest BCUT2D eigenvalue weighted by molar-refractivity contribution is 5.39. The third-order valence-corrected chi connectivity index (χ3v) is 4.87. The molecule has 1 aromatic carbocycles. The average molecular weight is 393 g/mol. The predicted molar refractivity (Wildman–Crippen MR) is 94.7 cm³/mol. The Hall–Kier alpha value is -2.86. The van der Waals surface area contributed by atoms with Crippen LogP contribution in [-0.2, 0) is 16.9 Å². The van der Waals surface area contributed by atoms with Gasteiger partial charge in [0.05, 0.1) is 11.5 Å². The monoisotopic (exact) mass is 393 g/mol. The van der Waals surface area contributed by atoms with Crippen molar-refractivity contribution in [3.63, 3.8) is 0 Å². The zero-order valence-electron chi connectivity index (χ0n) is 14.6. The summed E-state index contributed by atoms with van der Waals surface area (Å²) in [7, 11) is 0. The van der Waals surface area contributed by atoms with Crippen molar-refractivity contribution in [3.8, 4) is 0 Å². The second-order valence-corrected chi connectivity index (χ2v) is 6.49. The van der Waals surface area contributed by atoms with Crippen LogP contribution in [-0.4, -0.2) is 54.7 Å². The summed E-state index contributed by atoms with van der Waals surface area (Å²) in [4.78, 5) is 36.4. The summed E-state index contributed by atoms with van der Waals surface area (Å²) in [5.41, 5.74) is -3.19. The van der Waals surface area contributed by atoms with Crippen LogP contribution in [0, 0.1) is 10.1 Å². The summed E-state index contributed by atoms with van der Waals surface area (Å²) in [6.45, 7) is -0.621. The molecule has 0 amide bonds. The molecule has 0 radical (unpaired) electrons. The Kier molecular flexibility index (Phi) is 5.42. The summed E-state index contributed by atoms with van der Waals surface area (Å²) in [5, 5.41) is 41.5. The van der Waals surface area contributed by atoms with E-state index < -0.39 is 46.8 Å². The molecular weight excluding hydrogens is 374 g/mol. The molecule has 0 aliphatic carbocycles. The molecule has 2 heterocycles. The fraction of sp³-hybridized carbons (Fsp3) is 0.412. The number of hydrogen-bond donors (Lipinski definition) is 4. The number of para-hydroxylation sites is 1. The first-order valence-electron chi connectivity index (χ1n) is 8.49. The molecule has 28 heavy (non-hydrogen) atoms. The summed E-state index contributed by atoms with van der Waals surface area (Å²) in [6.07, 6.45) is -3.33. The summed E-state index contributed by atoms with van der Waals surface area (Å²) < 4.78 is 6.60. The first kappa shape index (κ1) is 19.9. The normalized spacial score (nSPS) is 27.0. The number of aliphatic hydroxyl groups excluding tert-OH is 3. The molecular formula is C17H19N3O8. The van der Waals surface area contributed by atoms with Crippen molar-refractivity contribution >= 4 is 5.69 Å². The number of nitro groups is 1. The van der Waals surface area contributed by atoms with Crippen LogP contribution in [0.25, 0.3) is 0 Å². The van der Waals surface area contributed by atoms with E-state index >= 15 is 0 Å². The van der Waals surface area contributed by atoms with Crippen LogP contribution in [0.3, 0.4) is 0 Å². The van der Waals surface area contributed by atoms with Crippen LogP contribution >= 0.6 is 0 Å². The van der Waals surface area contributed by atoms with Gasteiger partial charge in [0, 0.05) is 30.3 Å². The number of H-pyrrole nitrogens is 1. The van der Waals surface area contributed by atoms with E-state index in [1.54, 1.807) is 6.07 Å². The maximum absolute atomic E-state index is 12.3. The van der Waals surface area contributed by atoms with Gasteiger partial charge in [-0.25, -0.2) is 4.79 Å². The number of benzene rings is 1. The smallest absolute Gasteiger partial charge is 0.330 e. The molecule has 0 saturated carbocycles. The molecule has 4 atom stereocenters. The number of nitrogens with zero attached hydrogens (tertiary/aromatic N) is 2. The van der Waals surface area contributed by atoms with Crippen molar-refractivity contribution in [2.75, 3.05) is 6.61 Å². The standard InChI is InChI=1S/C17H19N3O8/c21-9-12-14(23)15(24)17(28-12,19-8-6-13(22)18-16(19)25)7-5-10-3-1-2-4-11(10)20(26)27/h1-4,6,8,12,14-15,21,23-24H,5,7,9H2,(H,18,22,25)/t12-,14-,15-,17-/m1/s1. The van der Waals surface area contributed by atoms with Crippen molar-refractivity contribution in [3.05, 3.63) is 73.0 Å². The Labute approximate surface area is 157 Å². The number of rotatable bonds is 6. The number of aliphatic hydroxyl groups is 3. The van der Waals surface area contributed by atoms with E-state index in [4.69, 9.17) is 4.74 Å². The number of nitrogens with one attached hydrogen (secondary N) is 1. The lowest BCUT2D eigenvalue weighted by molar-refractivity contribution is -0.385. The Morgan fingerprint density at radius 2 is 1.96 bits per heavy atom. The van der Waals surface area contributed by atoms with E-state index in [-0.39, 0.29) is 18.5 Å². The van der Waals surface area contributed by atoms with Crippen LogP contribution in [0.5, 0.6) is 0 Å². The number of hydrogen-bond acceptors (Lipinski definition) is 8. The van der Waals surface area contributed by atoms with Gasteiger partial charge < -0.3 is 20.1 Å². The van der Waals surface area contributed by atoms with Crippen molar-refractivity contribution in [2.24, 2.45) is 0 Å². The molecule has 1 aliphatic heterocycles. The van der Waals surface area contributed by atoms with Gasteiger partial charge in [-0.1, -0.05) is 18.2 Å². The van der Waals surface area contributed by atoms with E-state index in [1.807, 2.05) is 4.98 Å². The van der Waals surface area contributed by atoms with Crippen LogP contribution in [0.4, 0.5) is 5.69 Å². The molecule has 4 N–H and O–H groups in total. The van der Waals surface area contributed by atoms with E-state index in [1.165, 1.54) is 18.2 Å². The van der Waals surface area contributed by atoms with Crippen LogP contribution in [0.1, 0.15) is 12.0 Å². The van der Waals surface area contributed by atoms with Crippen LogP contribution in [0.15, 0.2) is 46.1 Å². The van der Waals surface area contributed by atoms with E-state index in [0.29, 0.717) is 5.56 Å². The molecule has 1 saturated heterocycles. The maximum atomic E-state index is 12.3. The first-order valence-corrected chi connectivity index (χ1v) is 8.49. The lowest BCUT2D eigenvalue weighted by atomic mass is 9.94. The minimum atomic E-state index is -1.84. The number of aromatic amines is 1. The van der Waals surface area contributed by atoms with Crippen molar-refractivity contribution in [2.45, 2.75) is 36.9 Å². The van der Waals surface area contributed by atoms with E-state index in [2.05, 4.69) is 0 Å². The lowest BCUT2D eigenvalue weighted by Crippen LogP contribution is -2.51. The second kappa shape index (κ2) is 7.64. The summed E-state index contributed by atoms with van der Waals surface area (Å²) >= 11 is 0. The molecule has 0 bridgehead atoms. The van der Waals surface area contributed by atoms with Crippen molar-refractivity contribution in [1.29, 1.82) is 0 Å². The summed E-state index contributed by atoms with van der Waals surface area (Å²) in [6, 6.07) is 7.02. The van der Waals surface area contributed by atoms with Crippen molar-refractivity contribution < 1.29 is 25.0 Å². The molecule has 0 spiro atoms. The highest BCUT2D eigenvalue weighted by Crippen LogP contribution is 2.39. The third-order valence-electron chi connectivity index (χ3n) is 4.87.